The standard InChI is InChI=1S/C22H20F3NO5/c1-2-31-19(27)12-21(13-22(23,24)25)10-9-16-11-15(5-8-18(16)20(21)28)14-3-6-17(7-4-14)26(29)30/h3-8,11H,2,9-10,12-13H2,1H3. The summed E-state index contributed by atoms with van der Waals surface area (Å²) in [5, 5.41) is 10.8. The van der Waals surface area contributed by atoms with E-state index in [9.17, 15) is 32.9 Å². The van der Waals surface area contributed by atoms with Crippen molar-refractivity contribution in [2.24, 2.45) is 5.41 Å². The number of aryl methyl sites for hydroxylation is 1. The van der Waals surface area contributed by atoms with Gasteiger partial charge in [-0.15, -0.1) is 0 Å². The Morgan fingerprint density at radius 1 is 1.16 bits per heavy atom. The van der Waals surface area contributed by atoms with Crippen LogP contribution in [-0.4, -0.2) is 29.5 Å². The number of benzene rings is 2. The Morgan fingerprint density at radius 3 is 2.39 bits per heavy atom. The Balaban J connectivity index is 1.94. The molecular formula is C22H20F3NO5. The highest BCUT2D eigenvalue weighted by molar-refractivity contribution is 6.04. The highest BCUT2D eigenvalue weighted by Gasteiger charge is 2.51. The molecule has 164 valence electrons. The zero-order valence-electron chi connectivity index (χ0n) is 16.7. The Hall–Kier alpha value is -3.23. The van der Waals surface area contributed by atoms with Crippen LogP contribution in [0.3, 0.4) is 0 Å². The molecule has 2 aromatic rings. The van der Waals surface area contributed by atoms with Crippen molar-refractivity contribution in [2.45, 2.75) is 38.8 Å². The molecule has 0 spiro atoms. The molecule has 1 aliphatic rings. The fourth-order valence-electron chi connectivity index (χ4n) is 4.02. The van der Waals surface area contributed by atoms with Gasteiger partial charge in [0.05, 0.1) is 29.8 Å². The van der Waals surface area contributed by atoms with Gasteiger partial charge in [-0.2, -0.15) is 13.2 Å². The van der Waals surface area contributed by atoms with E-state index < -0.39 is 41.1 Å². The number of non-ortho nitro benzene ring substituents is 1. The number of rotatable bonds is 6. The van der Waals surface area contributed by atoms with Crippen LogP contribution in [-0.2, 0) is 16.0 Å². The van der Waals surface area contributed by atoms with Crippen molar-refractivity contribution in [3.05, 3.63) is 63.7 Å². The number of esters is 1. The summed E-state index contributed by atoms with van der Waals surface area (Å²) < 4.78 is 44.7. The number of nitro groups is 1. The van der Waals surface area contributed by atoms with Crippen LogP contribution in [0.1, 0.15) is 42.1 Å². The van der Waals surface area contributed by atoms with E-state index >= 15 is 0 Å². The van der Waals surface area contributed by atoms with Crippen LogP contribution in [0.4, 0.5) is 18.9 Å². The first-order valence-electron chi connectivity index (χ1n) is 9.69. The van der Waals surface area contributed by atoms with E-state index in [1.54, 1.807) is 31.2 Å². The van der Waals surface area contributed by atoms with E-state index in [4.69, 9.17) is 4.74 Å². The van der Waals surface area contributed by atoms with Gasteiger partial charge in [-0.25, -0.2) is 0 Å². The minimum Gasteiger partial charge on any atom is -0.466 e. The number of Topliss-reactive ketones (excluding diaryl/α,β-unsaturated/α-hetero) is 1. The molecule has 0 amide bonds. The van der Waals surface area contributed by atoms with Gasteiger partial charge >= 0.3 is 12.1 Å². The number of nitrogens with zero attached hydrogens (tertiary/aromatic N) is 1. The molecule has 0 saturated carbocycles. The molecule has 0 radical (unpaired) electrons. The Bertz CT molecular complexity index is 1020. The highest BCUT2D eigenvalue weighted by atomic mass is 19.4. The molecule has 31 heavy (non-hydrogen) atoms. The molecule has 0 aromatic heterocycles. The van der Waals surface area contributed by atoms with Crippen LogP contribution in [0.25, 0.3) is 11.1 Å². The van der Waals surface area contributed by atoms with E-state index in [1.165, 1.54) is 18.2 Å². The van der Waals surface area contributed by atoms with Crippen molar-refractivity contribution >= 4 is 17.4 Å². The number of ketones is 1. The van der Waals surface area contributed by atoms with E-state index in [0.717, 1.165) is 0 Å². The van der Waals surface area contributed by atoms with Gasteiger partial charge in [-0.3, -0.25) is 19.7 Å². The summed E-state index contributed by atoms with van der Waals surface area (Å²) in [7, 11) is 0. The summed E-state index contributed by atoms with van der Waals surface area (Å²) in [6.07, 6.45) is -6.56. The van der Waals surface area contributed by atoms with Crippen molar-refractivity contribution in [2.75, 3.05) is 6.61 Å². The van der Waals surface area contributed by atoms with Crippen LogP contribution < -0.4 is 0 Å². The summed E-state index contributed by atoms with van der Waals surface area (Å²) in [6, 6.07) is 10.6. The normalized spacial score (nSPS) is 18.4. The molecule has 2 aromatic carbocycles. The zero-order chi connectivity index (χ0) is 22.8. The molecule has 0 N–H and O–H groups in total. The Kier molecular flexibility index (Phi) is 6.15. The van der Waals surface area contributed by atoms with Gasteiger partial charge < -0.3 is 4.74 Å². The number of fused-ring (bicyclic) bond motifs is 1. The molecule has 9 heteroatoms. The average molecular weight is 435 g/mol. The molecule has 1 unspecified atom stereocenters. The molecular weight excluding hydrogens is 415 g/mol. The lowest BCUT2D eigenvalue weighted by atomic mass is 9.66. The van der Waals surface area contributed by atoms with Crippen molar-refractivity contribution in [3.8, 4) is 11.1 Å². The summed E-state index contributed by atoms with van der Waals surface area (Å²) in [5.74, 6) is -1.54. The van der Waals surface area contributed by atoms with Gasteiger partial charge in [-0.1, -0.05) is 18.2 Å². The largest absolute Gasteiger partial charge is 0.466 e. The van der Waals surface area contributed by atoms with Gasteiger partial charge in [0.2, 0.25) is 0 Å². The van der Waals surface area contributed by atoms with E-state index in [1.807, 2.05) is 0 Å². The zero-order valence-corrected chi connectivity index (χ0v) is 16.7. The molecule has 0 saturated heterocycles. The maximum atomic E-state index is 13.3. The van der Waals surface area contributed by atoms with Crippen molar-refractivity contribution in [1.82, 2.24) is 0 Å². The van der Waals surface area contributed by atoms with Gasteiger partial charge in [-0.05, 0) is 48.6 Å². The minimum atomic E-state index is -4.61. The number of carbonyl (C=O) groups is 2. The number of halogens is 3. The minimum absolute atomic E-state index is 0.0182. The Morgan fingerprint density at radius 2 is 1.81 bits per heavy atom. The van der Waals surface area contributed by atoms with E-state index in [2.05, 4.69) is 0 Å². The fraction of sp³-hybridized carbons (Fsp3) is 0.364. The molecule has 0 bridgehead atoms. The van der Waals surface area contributed by atoms with Crippen molar-refractivity contribution in [1.29, 1.82) is 0 Å². The van der Waals surface area contributed by atoms with Gasteiger partial charge in [0.25, 0.3) is 5.69 Å². The predicted molar refractivity (Wildman–Crippen MR) is 106 cm³/mol. The number of nitro benzene ring substituents is 1. The van der Waals surface area contributed by atoms with Crippen LogP contribution in [0.15, 0.2) is 42.5 Å². The lowest BCUT2D eigenvalue weighted by molar-refractivity contribution is -0.384. The SMILES string of the molecule is CCOC(=O)CC1(CC(F)(F)F)CCc2cc(-c3ccc([N+](=O)[O-])cc3)ccc2C1=O. The van der Waals surface area contributed by atoms with Gasteiger partial charge in [0.1, 0.15) is 0 Å². The van der Waals surface area contributed by atoms with Gasteiger partial charge in [0.15, 0.2) is 5.78 Å². The summed E-state index contributed by atoms with van der Waals surface area (Å²) >= 11 is 0. The second kappa shape index (κ2) is 8.49. The molecule has 6 nitrogen and oxygen atoms in total. The molecule has 1 aliphatic carbocycles. The summed E-state index contributed by atoms with van der Waals surface area (Å²) in [6.45, 7) is 1.57. The van der Waals surface area contributed by atoms with E-state index in [-0.39, 0.29) is 30.7 Å². The lowest BCUT2D eigenvalue weighted by Crippen LogP contribution is -2.42. The third-order valence-corrected chi connectivity index (χ3v) is 5.44. The maximum Gasteiger partial charge on any atom is 0.390 e. The van der Waals surface area contributed by atoms with Crippen LogP contribution in [0.2, 0.25) is 0 Å². The number of hydrogen-bond acceptors (Lipinski definition) is 5. The average Bonchev–Trinajstić information content (AvgIpc) is 2.69. The monoisotopic (exact) mass is 435 g/mol. The molecule has 3 rings (SSSR count). The van der Waals surface area contributed by atoms with Crippen molar-refractivity contribution < 1.29 is 32.4 Å². The van der Waals surface area contributed by atoms with Crippen LogP contribution in [0.5, 0.6) is 0 Å². The summed E-state index contributed by atoms with van der Waals surface area (Å²) in [5.41, 5.74) is 0.169. The lowest BCUT2D eigenvalue weighted by Gasteiger charge is -2.36. The second-order valence-electron chi connectivity index (χ2n) is 7.56. The maximum absolute atomic E-state index is 13.3. The summed E-state index contributed by atoms with van der Waals surface area (Å²) in [4.78, 5) is 35.4. The van der Waals surface area contributed by atoms with Crippen molar-refractivity contribution in [3.63, 3.8) is 0 Å². The topological polar surface area (TPSA) is 86.5 Å². The third kappa shape index (κ3) is 4.92. The quantitative estimate of drug-likeness (QED) is 0.350. The molecule has 0 aliphatic heterocycles. The third-order valence-electron chi connectivity index (χ3n) is 5.44. The highest BCUT2D eigenvalue weighted by Crippen LogP contribution is 2.46. The first-order valence-corrected chi connectivity index (χ1v) is 9.69. The van der Waals surface area contributed by atoms with Crippen LogP contribution >= 0.6 is 0 Å². The smallest absolute Gasteiger partial charge is 0.390 e. The first kappa shape index (κ1) is 22.5. The number of hydrogen-bond donors (Lipinski definition) is 0. The number of ether oxygens (including phenoxy) is 1. The van der Waals surface area contributed by atoms with Crippen LogP contribution in [0, 0.1) is 15.5 Å². The second-order valence-corrected chi connectivity index (χ2v) is 7.56. The Labute approximate surface area is 176 Å². The fourth-order valence-corrected chi connectivity index (χ4v) is 4.02. The van der Waals surface area contributed by atoms with Gasteiger partial charge in [0, 0.05) is 17.7 Å². The predicted octanol–water partition coefficient (Wildman–Crippen LogP) is 5.28. The number of carbonyl (C=O) groups excluding carboxylic acids is 2. The van der Waals surface area contributed by atoms with E-state index in [0.29, 0.717) is 16.7 Å². The number of alkyl halides is 3. The molecule has 1 atom stereocenters. The molecule has 0 heterocycles. The molecule has 0 fully saturated rings. The first-order chi connectivity index (χ1) is 14.5.